The van der Waals surface area contributed by atoms with Gasteiger partial charge in [-0.1, -0.05) is 43.2 Å². The summed E-state index contributed by atoms with van der Waals surface area (Å²) >= 11 is 1.33. The highest BCUT2D eigenvalue weighted by Crippen LogP contribution is 2.26. The summed E-state index contributed by atoms with van der Waals surface area (Å²) in [6, 6.07) is 15.0. The molecule has 7 heteroatoms. The molecule has 1 aliphatic carbocycles. The Kier molecular flexibility index (Phi) is 7.15. The summed E-state index contributed by atoms with van der Waals surface area (Å²) in [4.78, 5) is 33.2. The number of aromatic nitrogens is 2. The number of hydrogen-bond donors (Lipinski definition) is 0. The van der Waals surface area contributed by atoms with Gasteiger partial charge in [-0.05, 0) is 56.2 Å². The van der Waals surface area contributed by atoms with Gasteiger partial charge in [-0.25, -0.2) is 4.98 Å². The molecule has 0 N–H and O–H groups in total. The summed E-state index contributed by atoms with van der Waals surface area (Å²) in [6.45, 7) is 2.75. The van der Waals surface area contributed by atoms with Crippen LogP contribution < -0.4 is 10.3 Å². The second kappa shape index (κ2) is 10.2. The minimum absolute atomic E-state index is 0.105. The maximum atomic E-state index is 13.4. The Labute approximate surface area is 192 Å². The number of benzene rings is 2. The largest absolute Gasteiger partial charge is 0.497 e. The molecule has 1 aromatic heterocycles. The Morgan fingerprint density at radius 2 is 1.84 bits per heavy atom. The predicted octanol–water partition coefficient (Wildman–Crippen LogP) is 4.67. The van der Waals surface area contributed by atoms with E-state index in [0.29, 0.717) is 40.1 Å². The molecule has 1 aliphatic rings. The number of fused-ring (bicyclic) bond motifs is 1. The molecule has 3 aromatic rings. The highest BCUT2D eigenvalue weighted by Gasteiger charge is 2.24. The Morgan fingerprint density at radius 3 is 2.53 bits per heavy atom. The van der Waals surface area contributed by atoms with E-state index in [0.717, 1.165) is 12.8 Å². The molecule has 0 atom stereocenters. The van der Waals surface area contributed by atoms with Crippen molar-refractivity contribution < 1.29 is 9.53 Å². The maximum Gasteiger partial charge on any atom is 0.266 e. The van der Waals surface area contributed by atoms with Gasteiger partial charge in [0.15, 0.2) is 5.16 Å². The lowest BCUT2D eigenvalue weighted by Gasteiger charge is -2.33. The predicted molar refractivity (Wildman–Crippen MR) is 129 cm³/mol. The summed E-state index contributed by atoms with van der Waals surface area (Å²) in [5.41, 5.74) is 1.19. The molecule has 0 saturated heterocycles. The average Bonchev–Trinajstić information content (AvgIpc) is 2.84. The molecule has 168 valence electrons. The van der Waals surface area contributed by atoms with E-state index in [1.807, 2.05) is 54.3 Å². The van der Waals surface area contributed by atoms with Gasteiger partial charge in [0, 0.05) is 12.6 Å². The number of nitrogens with zero attached hydrogens (tertiary/aromatic N) is 3. The molecule has 1 fully saturated rings. The summed E-state index contributed by atoms with van der Waals surface area (Å²) < 4.78 is 6.85. The van der Waals surface area contributed by atoms with Crippen LogP contribution in [0.1, 0.15) is 39.0 Å². The summed E-state index contributed by atoms with van der Waals surface area (Å²) in [5.74, 6) is 1.07. The third-order valence-electron chi connectivity index (χ3n) is 6.08. The number of carbonyl (C=O) groups excluding carboxylic acids is 1. The first kappa shape index (κ1) is 22.4. The number of methoxy groups -OCH3 is 1. The van der Waals surface area contributed by atoms with Crippen LogP contribution >= 0.6 is 11.8 Å². The van der Waals surface area contributed by atoms with Gasteiger partial charge in [0.2, 0.25) is 5.91 Å². The van der Waals surface area contributed by atoms with Gasteiger partial charge in [-0.2, -0.15) is 0 Å². The molecule has 1 heterocycles. The van der Waals surface area contributed by atoms with Gasteiger partial charge in [-0.15, -0.1) is 0 Å². The fraction of sp³-hybridized carbons (Fsp3) is 0.400. The van der Waals surface area contributed by atoms with E-state index in [1.165, 1.54) is 31.0 Å². The highest BCUT2D eigenvalue weighted by molar-refractivity contribution is 7.99. The van der Waals surface area contributed by atoms with Crippen molar-refractivity contribution >= 4 is 28.6 Å². The van der Waals surface area contributed by atoms with Crippen LogP contribution in [0.3, 0.4) is 0 Å². The molecule has 2 aromatic carbocycles. The number of para-hydroxylation sites is 1. The quantitative estimate of drug-likeness (QED) is 0.386. The van der Waals surface area contributed by atoms with Crippen LogP contribution in [0, 0.1) is 0 Å². The van der Waals surface area contributed by atoms with Crippen LogP contribution in [-0.4, -0.2) is 45.8 Å². The van der Waals surface area contributed by atoms with E-state index in [4.69, 9.17) is 9.72 Å². The molecule has 1 amide bonds. The smallest absolute Gasteiger partial charge is 0.266 e. The monoisotopic (exact) mass is 451 g/mol. The number of rotatable bonds is 7. The zero-order valence-electron chi connectivity index (χ0n) is 18.6. The standard InChI is InChI=1S/C25H29N3O3S/c1-3-27(18-9-5-4-6-10-18)23(29)17-32-25-26-22-12-8-7-11-21(22)24(30)28(25)19-13-15-20(31-2)16-14-19/h7-8,11-16,18H,3-6,9-10,17H2,1-2H3. The van der Waals surface area contributed by atoms with E-state index >= 15 is 0 Å². The Morgan fingerprint density at radius 1 is 1.12 bits per heavy atom. The van der Waals surface area contributed by atoms with Crippen LogP contribution in [0.4, 0.5) is 0 Å². The van der Waals surface area contributed by atoms with Gasteiger partial charge in [0.1, 0.15) is 5.75 Å². The lowest BCUT2D eigenvalue weighted by atomic mass is 9.94. The molecule has 1 saturated carbocycles. The first-order valence-corrected chi connectivity index (χ1v) is 12.2. The molecule has 0 radical (unpaired) electrons. The Balaban J connectivity index is 1.66. The van der Waals surface area contributed by atoms with Crippen molar-refractivity contribution in [1.82, 2.24) is 14.5 Å². The van der Waals surface area contributed by atoms with Crippen molar-refractivity contribution in [1.29, 1.82) is 0 Å². The first-order chi connectivity index (χ1) is 15.6. The Bertz CT molecular complexity index is 1140. The third-order valence-corrected chi connectivity index (χ3v) is 7.00. The molecule has 32 heavy (non-hydrogen) atoms. The number of thioether (sulfide) groups is 1. The summed E-state index contributed by atoms with van der Waals surface area (Å²) in [7, 11) is 1.61. The second-order valence-electron chi connectivity index (χ2n) is 8.01. The fourth-order valence-corrected chi connectivity index (χ4v) is 5.31. The normalized spacial score (nSPS) is 14.4. The van der Waals surface area contributed by atoms with Crippen LogP contribution in [-0.2, 0) is 4.79 Å². The number of amides is 1. The molecule has 0 bridgehead atoms. The van der Waals surface area contributed by atoms with E-state index in [9.17, 15) is 9.59 Å². The van der Waals surface area contributed by atoms with Crippen LogP contribution in [0.15, 0.2) is 58.5 Å². The van der Waals surface area contributed by atoms with Crippen LogP contribution in [0.5, 0.6) is 5.75 Å². The SMILES string of the molecule is CCN(C(=O)CSc1nc2ccccc2c(=O)n1-c1ccc(OC)cc1)C1CCCCC1. The Hall–Kier alpha value is -2.80. The molecular weight excluding hydrogens is 422 g/mol. The lowest BCUT2D eigenvalue weighted by Crippen LogP contribution is -2.42. The van der Waals surface area contributed by atoms with Crippen LogP contribution in [0.25, 0.3) is 16.6 Å². The molecule has 4 rings (SSSR count). The average molecular weight is 452 g/mol. The minimum atomic E-state index is -0.143. The van der Waals surface area contributed by atoms with E-state index in [2.05, 4.69) is 0 Å². The van der Waals surface area contributed by atoms with Crippen molar-refractivity contribution in [2.45, 2.75) is 50.2 Å². The molecular formula is C25H29N3O3S. The van der Waals surface area contributed by atoms with Gasteiger partial charge >= 0.3 is 0 Å². The number of ether oxygens (including phenoxy) is 1. The highest BCUT2D eigenvalue weighted by atomic mass is 32.2. The third kappa shape index (κ3) is 4.67. The summed E-state index contributed by atoms with van der Waals surface area (Å²) in [5, 5.41) is 1.07. The maximum absolute atomic E-state index is 13.4. The van der Waals surface area contributed by atoms with Crippen molar-refractivity contribution in [3.8, 4) is 11.4 Å². The molecule has 0 spiro atoms. The number of carbonyl (C=O) groups is 1. The van der Waals surface area contributed by atoms with Gasteiger partial charge < -0.3 is 9.64 Å². The molecule has 0 aliphatic heterocycles. The fourth-order valence-electron chi connectivity index (χ4n) is 4.41. The van der Waals surface area contributed by atoms with Crippen LogP contribution in [0.2, 0.25) is 0 Å². The number of hydrogen-bond acceptors (Lipinski definition) is 5. The van der Waals surface area contributed by atoms with Gasteiger partial charge in [0.05, 0.1) is 29.5 Å². The van der Waals surface area contributed by atoms with Gasteiger partial charge in [-0.3, -0.25) is 14.2 Å². The van der Waals surface area contributed by atoms with Gasteiger partial charge in [0.25, 0.3) is 5.56 Å². The first-order valence-electron chi connectivity index (χ1n) is 11.2. The van der Waals surface area contributed by atoms with E-state index in [-0.39, 0.29) is 17.2 Å². The second-order valence-corrected chi connectivity index (χ2v) is 8.95. The van der Waals surface area contributed by atoms with E-state index in [1.54, 1.807) is 17.7 Å². The van der Waals surface area contributed by atoms with Crippen molar-refractivity contribution in [2.75, 3.05) is 19.4 Å². The lowest BCUT2D eigenvalue weighted by molar-refractivity contribution is -0.131. The zero-order valence-corrected chi connectivity index (χ0v) is 19.4. The zero-order chi connectivity index (χ0) is 22.5. The topological polar surface area (TPSA) is 64.4 Å². The molecule has 0 unspecified atom stereocenters. The summed E-state index contributed by atoms with van der Waals surface area (Å²) in [6.07, 6.45) is 5.78. The van der Waals surface area contributed by atoms with Crippen molar-refractivity contribution in [3.05, 3.63) is 58.9 Å². The molecule has 6 nitrogen and oxygen atoms in total. The minimum Gasteiger partial charge on any atom is -0.497 e. The van der Waals surface area contributed by atoms with Crippen molar-refractivity contribution in [3.63, 3.8) is 0 Å². The van der Waals surface area contributed by atoms with Crippen molar-refractivity contribution in [2.24, 2.45) is 0 Å². The van der Waals surface area contributed by atoms with E-state index < -0.39 is 0 Å².